The first-order valence-corrected chi connectivity index (χ1v) is 4.31. The van der Waals surface area contributed by atoms with Crippen LogP contribution in [-0.2, 0) is 0 Å². The van der Waals surface area contributed by atoms with E-state index in [2.05, 4.69) is 0 Å². The molecule has 0 heterocycles. The number of halogens is 1. The van der Waals surface area contributed by atoms with Crippen molar-refractivity contribution in [3.8, 4) is 17.9 Å². The van der Waals surface area contributed by atoms with Crippen molar-refractivity contribution in [1.29, 1.82) is 10.5 Å². The standard InChI is InChI=1S/C11H7FN2O2/c1-16-9-4-2-3-8(12)10(9)11(15)7(5-13)6-14/h2-4,7H,1H3. The van der Waals surface area contributed by atoms with Gasteiger partial charge in [0, 0.05) is 0 Å². The molecule has 0 atom stereocenters. The smallest absolute Gasteiger partial charge is 0.201 e. The van der Waals surface area contributed by atoms with Crippen LogP contribution >= 0.6 is 0 Å². The maximum Gasteiger partial charge on any atom is 0.201 e. The van der Waals surface area contributed by atoms with Crippen molar-refractivity contribution in [2.24, 2.45) is 5.92 Å². The van der Waals surface area contributed by atoms with Gasteiger partial charge in [-0.2, -0.15) is 10.5 Å². The SMILES string of the molecule is COc1cccc(F)c1C(=O)C(C#N)C#N. The van der Waals surface area contributed by atoms with E-state index in [4.69, 9.17) is 15.3 Å². The summed E-state index contributed by atoms with van der Waals surface area (Å²) in [4.78, 5) is 11.6. The highest BCUT2D eigenvalue weighted by Crippen LogP contribution is 2.23. The molecule has 80 valence electrons. The number of nitriles is 2. The van der Waals surface area contributed by atoms with Gasteiger partial charge in [-0.05, 0) is 12.1 Å². The topological polar surface area (TPSA) is 73.9 Å². The molecule has 0 saturated carbocycles. The van der Waals surface area contributed by atoms with Gasteiger partial charge in [0.25, 0.3) is 0 Å². The number of ether oxygens (including phenoxy) is 1. The van der Waals surface area contributed by atoms with Crippen molar-refractivity contribution in [3.05, 3.63) is 29.6 Å². The minimum atomic E-state index is -1.52. The number of methoxy groups -OCH3 is 1. The van der Waals surface area contributed by atoms with Gasteiger partial charge in [0.15, 0.2) is 5.92 Å². The van der Waals surface area contributed by atoms with Crippen LogP contribution in [0, 0.1) is 34.4 Å². The predicted molar refractivity (Wildman–Crippen MR) is 52.0 cm³/mol. The van der Waals surface area contributed by atoms with E-state index in [-0.39, 0.29) is 11.3 Å². The van der Waals surface area contributed by atoms with Gasteiger partial charge in [0.2, 0.25) is 5.78 Å². The molecular weight excluding hydrogens is 211 g/mol. The number of rotatable bonds is 3. The Bertz CT molecular complexity index is 486. The number of hydrogen-bond acceptors (Lipinski definition) is 4. The largest absolute Gasteiger partial charge is 0.496 e. The van der Waals surface area contributed by atoms with Gasteiger partial charge in [-0.25, -0.2) is 4.39 Å². The zero-order chi connectivity index (χ0) is 12.1. The lowest BCUT2D eigenvalue weighted by molar-refractivity contribution is 0.0963. The summed E-state index contributed by atoms with van der Waals surface area (Å²) in [5.41, 5.74) is -0.363. The van der Waals surface area contributed by atoms with E-state index in [0.29, 0.717) is 0 Å². The Morgan fingerprint density at radius 3 is 2.56 bits per heavy atom. The molecule has 0 unspecified atom stereocenters. The van der Waals surface area contributed by atoms with E-state index in [1.165, 1.54) is 31.4 Å². The Labute approximate surface area is 91.5 Å². The van der Waals surface area contributed by atoms with Gasteiger partial charge >= 0.3 is 0 Å². The van der Waals surface area contributed by atoms with Crippen molar-refractivity contribution in [3.63, 3.8) is 0 Å². The third-order valence-electron chi connectivity index (χ3n) is 1.96. The van der Waals surface area contributed by atoms with E-state index in [1.807, 2.05) is 0 Å². The highest BCUT2D eigenvalue weighted by atomic mass is 19.1. The van der Waals surface area contributed by atoms with Crippen molar-refractivity contribution in [1.82, 2.24) is 0 Å². The molecule has 0 aliphatic heterocycles. The van der Waals surface area contributed by atoms with Crippen LogP contribution in [0.5, 0.6) is 5.75 Å². The lowest BCUT2D eigenvalue weighted by Gasteiger charge is -2.08. The van der Waals surface area contributed by atoms with Crippen LogP contribution in [0.15, 0.2) is 18.2 Å². The Hall–Kier alpha value is -2.40. The molecule has 4 nitrogen and oxygen atoms in total. The van der Waals surface area contributed by atoms with Crippen LogP contribution < -0.4 is 4.74 Å². The van der Waals surface area contributed by atoms with Crippen molar-refractivity contribution in [2.45, 2.75) is 0 Å². The number of hydrogen-bond donors (Lipinski definition) is 0. The summed E-state index contributed by atoms with van der Waals surface area (Å²) < 4.78 is 18.2. The van der Waals surface area contributed by atoms with Crippen molar-refractivity contribution >= 4 is 5.78 Å². The number of carbonyl (C=O) groups excluding carboxylic acids is 1. The van der Waals surface area contributed by atoms with Gasteiger partial charge in [0.1, 0.15) is 11.6 Å². The fourth-order valence-electron chi connectivity index (χ4n) is 1.20. The summed E-state index contributed by atoms with van der Waals surface area (Å²) in [7, 11) is 1.28. The second kappa shape index (κ2) is 4.90. The molecule has 1 aromatic rings. The van der Waals surface area contributed by atoms with Crippen molar-refractivity contribution in [2.75, 3.05) is 7.11 Å². The first kappa shape index (κ1) is 11.7. The van der Waals surface area contributed by atoms with Gasteiger partial charge in [-0.1, -0.05) is 6.07 Å². The van der Waals surface area contributed by atoms with E-state index in [0.717, 1.165) is 6.07 Å². The molecule has 0 fully saturated rings. The van der Waals surface area contributed by atoms with Crippen LogP contribution in [0.2, 0.25) is 0 Å². The molecule has 0 spiro atoms. The maximum absolute atomic E-state index is 13.4. The minimum Gasteiger partial charge on any atom is -0.496 e. The van der Waals surface area contributed by atoms with Crippen LogP contribution in [0.3, 0.4) is 0 Å². The zero-order valence-corrected chi connectivity index (χ0v) is 8.40. The van der Waals surface area contributed by atoms with Gasteiger partial charge < -0.3 is 4.74 Å². The Balaban J connectivity index is 3.29. The fraction of sp³-hybridized carbons (Fsp3) is 0.182. The molecule has 0 amide bonds. The molecule has 0 aliphatic carbocycles. The number of ketones is 1. The van der Waals surface area contributed by atoms with E-state index in [9.17, 15) is 9.18 Å². The lowest BCUT2D eigenvalue weighted by atomic mass is 9.99. The molecule has 0 N–H and O–H groups in total. The normalized spacial score (nSPS) is 9.31. The predicted octanol–water partition coefficient (Wildman–Crippen LogP) is 1.68. The summed E-state index contributed by atoms with van der Waals surface area (Å²) >= 11 is 0. The molecule has 0 bridgehead atoms. The van der Waals surface area contributed by atoms with Gasteiger partial charge in [-0.3, -0.25) is 4.79 Å². The first-order valence-electron chi connectivity index (χ1n) is 4.31. The van der Waals surface area contributed by atoms with Crippen LogP contribution in [0.1, 0.15) is 10.4 Å². The summed E-state index contributed by atoms with van der Waals surface area (Å²) in [5.74, 6) is -3.20. The van der Waals surface area contributed by atoms with E-state index < -0.39 is 17.5 Å². The third kappa shape index (κ3) is 1.99. The molecule has 0 aromatic heterocycles. The second-order valence-corrected chi connectivity index (χ2v) is 2.87. The quantitative estimate of drug-likeness (QED) is 0.723. The zero-order valence-electron chi connectivity index (χ0n) is 8.40. The summed E-state index contributed by atoms with van der Waals surface area (Å²) in [6, 6.07) is 6.83. The number of nitrogens with zero attached hydrogens (tertiary/aromatic N) is 2. The van der Waals surface area contributed by atoms with Crippen molar-refractivity contribution < 1.29 is 13.9 Å². The number of Topliss-reactive ketones (excluding diaryl/α,β-unsaturated/α-hetero) is 1. The van der Waals surface area contributed by atoms with Gasteiger partial charge in [-0.15, -0.1) is 0 Å². The lowest BCUT2D eigenvalue weighted by Crippen LogP contribution is -2.14. The Morgan fingerprint density at radius 2 is 2.06 bits per heavy atom. The highest BCUT2D eigenvalue weighted by molar-refractivity contribution is 6.03. The summed E-state index contributed by atoms with van der Waals surface area (Å²) in [6.07, 6.45) is 0. The maximum atomic E-state index is 13.4. The monoisotopic (exact) mass is 218 g/mol. The highest BCUT2D eigenvalue weighted by Gasteiger charge is 2.25. The molecular formula is C11H7FN2O2. The number of carbonyl (C=O) groups is 1. The summed E-state index contributed by atoms with van der Waals surface area (Å²) in [5, 5.41) is 17.1. The van der Waals surface area contributed by atoms with Crippen LogP contribution in [0.4, 0.5) is 4.39 Å². The van der Waals surface area contributed by atoms with Crippen LogP contribution in [-0.4, -0.2) is 12.9 Å². The molecule has 0 radical (unpaired) electrons. The molecule has 1 rings (SSSR count). The Morgan fingerprint density at radius 1 is 1.44 bits per heavy atom. The second-order valence-electron chi connectivity index (χ2n) is 2.87. The molecule has 1 aromatic carbocycles. The molecule has 0 saturated heterocycles. The molecule has 16 heavy (non-hydrogen) atoms. The van der Waals surface area contributed by atoms with E-state index >= 15 is 0 Å². The molecule has 0 aliphatic rings. The average molecular weight is 218 g/mol. The fourth-order valence-corrected chi connectivity index (χ4v) is 1.20. The minimum absolute atomic E-state index is 0.0144. The van der Waals surface area contributed by atoms with Crippen LogP contribution in [0.25, 0.3) is 0 Å². The Kier molecular flexibility index (Phi) is 3.58. The first-order chi connectivity index (χ1) is 7.65. The van der Waals surface area contributed by atoms with Gasteiger partial charge in [0.05, 0.1) is 24.8 Å². The molecule has 5 heteroatoms. The average Bonchev–Trinajstić information content (AvgIpc) is 2.29. The summed E-state index contributed by atoms with van der Waals surface area (Å²) in [6.45, 7) is 0. The number of benzene rings is 1. The third-order valence-corrected chi connectivity index (χ3v) is 1.96. The van der Waals surface area contributed by atoms with E-state index in [1.54, 1.807) is 0 Å².